The summed E-state index contributed by atoms with van der Waals surface area (Å²) >= 11 is 0. The summed E-state index contributed by atoms with van der Waals surface area (Å²) in [4.78, 5) is 0. The average molecular weight is 173 g/mol. The van der Waals surface area contributed by atoms with Crippen LogP contribution in [-0.2, 0) is 0 Å². The molecule has 69 valence electrons. The van der Waals surface area contributed by atoms with Gasteiger partial charge in [-0.1, -0.05) is 24.3 Å². The zero-order chi connectivity index (χ0) is 9.10. The van der Waals surface area contributed by atoms with Gasteiger partial charge in [0.05, 0.1) is 0 Å². The molecule has 1 aromatic rings. The highest BCUT2D eigenvalue weighted by Gasteiger charge is 2.16. The lowest BCUT2D eigenvalue weighted by Gasteiger charge is -2.23. The zero-order valence-electron chi connectivity index (χ0n) is 8.29. The van der Waals surface area contributed by atoms with Gasteiger partial charge in [0.25, 0.3) is 0 Å². The Kier molecular flexibility index (Phi) is 2.68. The van der Waals surface area contributed by atoms with E-state index in [1.54, 1.807) is 5.56 Å². The minimum Gasteiger partial charge on any atom is -0.0620 e. The number of hydrogen-bond acceptors (Lipinski definition) is 0. The Hall–Kier alpha value is -0.780. The molecule has 1 saturated carbocycles. The van der Waals surface area contributed by atoms with Crippen molar-refractivity contribution < 1.29 is 0 Å². The first-order valence-corrected chi connectivity index (χ1v) is 5.25. The molecule has 2 rings (SSSR count). The summed E-state index contributed by atoms with van der Waals surface area (Å²) in [6.45, 7) is 2.23. The first-order chi connectivity index (χ1) is 6.38. The molecule has 1 aliphatic carbocycles. The van der Waals surface area contributed by atoms with Crippen molar-refractivity contribution in [2.24, 2.45) is 0 Å². The molecule has 1 fully saturated rings. The predicted octanol–water partition coefficient (Wildman–Crippen LogP) is 3.86. The predicted molar refractivity (Wildman–Crippen MR) is 56.7 cm³/mol. The van der Waals surface area contributed by atoms with Crippen LogP contribution in [0.15, 0.2) is 24.3 Å². The summed E-state index contributed by atoms with van der Waals surface area (Å²) in [7, 11) is 0. The summed E-state index contributed by atoms with van der Waals surface area (Å²) < 4.78 is 0. The van der Waals surface area contributed by atoms with Crippen LogP contribution >= 0.6 is 0 Å². The van der Waals surface area contributed by atoms with Crippen molar-refractivity contribution in [2.45, 2.75) is 38.5 Å². The lowest BCUT2D eigenvalue weighted by molar-refractivity contribution is 0.510. The maximum absolute atomic E-state index is 2.43. The first kappa shape index (κ1) is 8.80. The van der Waals surface area contributed by atoms with Gasteiger partial charge in [-0.3, -0.25) is 0 Å². The van der Waals surface area contributed by atoms with E-state index in [1.807, 2.05) is 0 Å². The molecule has 0 spiro atoms. The molecule has 0 amide bonds. The van der Waals surface area contributed by atoms with Gasteiger partial charge in [0.1, 0.15) is 0 Å². The van der Waals surface area contributed by atoms with Crippen molar-refractivity contribution in [3.63, 3.8) is 0 Å². The molecule has 1 aromatic carbocycles. The topological polar surface area (TPSA) is 0 Å². The van der Waals surface area contributed by atoms with Crippen molar-refractivity contribution in [1.82, 2.24) is 0 Å². The fourth-order valence-corrected chi connectivity index (χ4v) is 2.28. The molecule has 1 radical (unpaired) electrons. The van der Waals surface area contributed by atoms with E-state index in [2.05, 4.69) is 37.6 Å². The molecule has 0 aliphatic heterocycles. The lowest BCUT2D eigenvalue weighted by Crippen LogP contribution is -2.06. The molecule has 0 nitrogen and oxygen atoms in total. The maximum atomic E-state index is 2.43. The quantitative estimate of drug-likeness (QED) is 0.605. The first-order valence-electron chi connectivity index (χ1n) is 5.25. The Morgan fingerprint density at radius 1 is 1.08 bits per heavy atom. The zero-order valence-corrected chi connectivity index (χ0v) is 8.29. The summed E-state index contributed by atoms with van der Waals surface area (Å²) in [5, 5.41) is 0. The van der Waals surface area contributed by atoms with Gasteiger partial charge in [0.15, 0.2) is 0 Å². The fraction of sp³-hybridized carbons (Fsp3) is 0.462. The monoisotopic (exact) mass is 173 g/mol. The van der Waals surface area contributed by atoms with E-state index in [0.29, 0.717) is 0 Å². The maximum Gasteiger partial charge on any atom is -0.0159 e. The van der Waals surface area contributed by atoms with Gasteiger partial charge in [-0.15, -0.1) is 0 Å². The van der Waals surface area contributed by atoms with Gasteiger partial charge in [0.2, 0.25) is 0 Å². The van der Waals surface area contributed by atoms with Gasteiger partial charge in [-0.05, 0) is 56.1 Å². The van der Waals surface area contributed by atoms with Crippen LogP contribution in [0.4, 0.5) is 0 Å². The fourth-order valence-electron chi connectivity index (χ4n) is 2.28. The minimum absolute atomic E-state index is 0.825. The lowest BCUT2D eigenvalue weighted by atomic mass is 9.82. The third-order valence-electron chi connectivity index (χ3n) is 3.07. The number of aryl methyl sites for hydroxylation is 1. The highest BCUT2D eigenvalue weighted by atomic mass is 14.2. The molecular weight excluding hydrogens is 156 g/mol. The molecule has 0 atom stereocenters. The van der Waals surface area contributed by atoms with E-state index in [9.17, 15) is 0 Å². The van der Waals surface area contributed by atoms with Crippen molar-refractivity contribution in [3.8, 4) is 0 Å². The van der Waals surface area contributed by atoms with E-state index in [4.69, 9.17) is 0 Å². The number of rotatable bonds is 1. The van der Waals surface area contributed by atoms with Crippen molar-refractivity contribution in [2.75, 3.05) is 0 Å². The van der Waals surface area contributed by atoms with Crippen LogP contribution in [0.5, 0.6) is 0 Å². The van der Waals surface area contributed by atoms with Gasteiger partial charge >= 0.3 is 0 Å². The normalized spacial score (nSPS) is 18.8. The Morgan fingerprint density at radius 2 is 1.77 bits per heavy atom. The van der Waals surface area contributed by atoms with Crippen LogP contribution in [0.3, 0.4) is 0 Å². The molecule has 0 saturated heterocycles. The summed E-state index contributed by atoms with van der Waals surface area (Å²) in [5.74, 6) is 0.825. The van der Waals surface area contributed by atoms with Crippen LogP contribution in [-0.4, -0.2) is 0 Å². The van der Waals surface area contributed by atoms with E-state index in [0.717, 1.165) is 5.92 Å². The van der Waals surface area contributed by atoms with Crippen LogP contribution in [0, 0.1) is 13.3 Å². The number of benzene rings is 1. The molecule has 0 bridgehead atoms. The SMILES string of the molecule is Cc1ccccc1C1CC[CH]CC1. The highest BCUT2D eigenvalue weighted by molar-refractivity contribution is 5.29. The van der Waals surface area contributed by atoms with Crippen molar-refractivity contribution in [3.05, 3.63) is 41.8 Å². The Morgan fingerprint density at radius 3 is 2.46 bits per heavy atom. The Bertz CT molecular complexity index is 269. The van der Waals surface area contributed by atoms with Gasteiger partial charge < -0.3 is 0 Å². The van der Waals surface area contributed by atoms with Gasteiger partial charge in [-0.25, -0.2) is 0 Å². The molecule has 1 aliphatic rings. The van der Waals surface area contributed by atoms with E-state index >= 15 is 0 Å². The van der Waals surface area contributed by atoms with Crippen LogP contribution < -0.4 is 0 Å². The second kappa shape index (κ2) is 3.95. The van der Waals surface area contributed by atoms with Crippen LogP contribution in [0.2, 0.25) is 0 Å². The third kappa shape index (κ3) is 1.93. The largest absolute Gasteiger partial charge is 0.0620 e. The average Bonchev–Trinajstić information content (AvgIpc) is 2.20. The molecule has 13 heavy (non-hydrogen) atoms. The molecular formula is C13H17. The summed E-state index contributed by atoms with van der Waals surface area (Å²) in [6.07, 6.45) is 7.74. The van der Waals surface area contributed by atoms with E-state index in [-0.39, 0.29) is 0 Å². The molecule has 0 aromatic heterocycles. The third-order valence-corrected chi connectivity index (χ3v) is 3.07. The molecule has 0 heteroatoms. The van der Waals surface area contributed by atoms with Crippen molar-refractivity contribution in [1.29, 1.82) is 0 Å². The number of hydrogen-bond donors (Lipinski definition) is 0. The van der Waals surface area contributed by atoms with E-state index in [1.165, 1.54) is 31.2 Å². The van der Waals surface area contributed by atoms with Crippen molar-refractivity contribution >= 4 is 0 Å². The van der Waals surface area contributed by atoms with E-state index < -0.39 is 0 Å². The smallest absolute Gasteiger partial charge is 0.0159 e. The minimum atomic E-state index is 0.825. The Balaban J connectivity index is 2.18. The van der Waals surface area contributed by atoms with Gasteiger partial charge in [0, 0.05) is 0 Å². The Labute approximate surface area is 81.0 Å². The highest BCUT2D eigenvalue weighted by Crippen LogP contribution is 2.33. The summed E-state index contributed by atoms with van der Waals surface area (Å²) in [5.41, 5.74) is 3.05. The molecule has 0 N–H and O–H groups in total. The second-order valence-electron chi connectivity index (χ2n) is 4.00. The summed E-state index contributed by atoms with van der Waals surface area (Å²) in [6, 6.07) is 8.83. The van der Waals surface area contributed by atoms with Crippen LogP contribution in [0.1, 0.15) is 42.7 Å². The van der Waals surface area contributed by atoms with Gasteiger partial charge in [-0.2, -0.15) is 0 Å². The van der Waals surface area contributed by atoms with Crippen LogP contribution in [0.25, 0.3) is 0 Å². The molecule has 0 unspecified atom stereocenters. The second-order valence-corrected chi connectivity index (χ2v) is 4.00. The molecule has 0 heterocycles. The standard InChI is InChI=1S/C13H17/c1-11-7-5-6-10-13(11)12-8-3-2-4-9-12/h2,5-7,10,12H,3-4,8-9H2,1H3.